The predicted molar refractivity (Wildman–Crippen MR) is 78.0 cm³/mol. The lowest BCUT2D eigenvalue weighted by molar-refractivity contribution is 0.435. The van der Waals surface area contributed by atoms with Crippen LogP contribution in [0.3, 0.4) is 0 Å². The third-order valence-electron chi connectivity index (χ3n) is 2.70. The maximum atomic E-state index is 4.43. The zero-order valence-corrected chi connectivity index (χ0v) is 11.3. The highest BCUT2D eigenvalue weighted by molar-refractivity contribution is 5.81. The molecule has 0 aliphatic heterocycles. The van der Waals surface area contributed by atoms with Gasteiger partial charge in [-0.15, -0.1) is 0 Å². The minimum atomic E-state index is 0.170. The van der Waals surface area contributed by atoms with Crippen molar-refractivity contribution in [3.05, 3.63) is 36.5 Å². The fraction of sp³-hybridized carbons (Fsp3) is 0.400. The maximum Gasteiger partial charge on any atom is 0.0703 e. The van der Waals surface area contributed by atoms with Crippen molar-refractivity contribution in [1.82, 2.24) is 10.3 Å². The largest absolute Gasteiger partial charge is 0.383 e. The fourth-order valence-electron chi connectivity index (χ4n) is 1.81. The minimum absolute atomic E-state index is 0.170. The summed E-state index contributed by atoms with van der Waals surface area (Å²) in [5, 5.41) is 8.00. The van der Waals surface area contributed by atoms with E-state index < -0.39 is 0 Å². The van der Waals surface area contributed by atoms with E-state index in [-0.39, 0.29) is 5.54 Å². The van der Waals surface area contributed by atoms with Crippen LogP contribution < -0.4 is 10.6 Å². The number of anilines is 1. The first-order valence-electron chi connectivity index (χ1n) is 6.38. The molecular weight excluding hydrogens is 222 g/mol. The molecule has 0 bridgehead atoms. The number of nitrogens with one attached hydrogen (secondary N) is 2. The third-order valence-corrected chi connectivity index (χ3v) is 2.70. The molecule has 0 saturated heterocycles. The molecule has 18 heavy (non-hydrogen) atoms. The lowest BCUT2D eigenvalue weighted by Crippen LogP contribution is -2.38. The van der Waals surface area contributed by atoms with Gasteiger partial charge in [-0.2, -0.15) is 0 Å². The number of fused-ring (bicyclic) bond motifs is 1. The SMILES string of the molecule is CC(C)(C)NCCNc1cnc2ccccc2c1. The van der Waals surface area contributed by atoms with E-state index in [1.807, 2.05) is 24.4 Å². The Morgan fingerprint density at radius 1 is 1.11 bits per heavy atom. The summed E-state index contributed by atoms with van der Waals surface area (Å²) >= 11 is 0. The second-order valence-electron chi connectivity index (χ2n) is 5.52. The van der Waals surface area contributed by atoms with E-state index in [1.54, 1.807) is 0 Å². The molecule has 2 aromatic rings. The number of benzene rings is 1. The van der Waals surface area contributed by atoms with Gasteiger partial charge < -0.3 is 10.6 Å². The van der Waals surface area contributed by atoms with Gasteiger partial charge in [-0.05, 0) is 32.9 Å². The number of aromatic nitrogens is 1. The van der Waals surface area contributed by atoms with Gasteiger partial charge in [0.1, 0.15) is 0 Å². The van der Waals surface area contributed by atoms with Gasteiger partial charge in [0.2, 0.25) is 0 Å². The van der Waals surface area contributed by atoms with Crippen molar-refractivity contribution >= 4 is 16.6 Å². The topological polar surface area (TPSA) is 37.0 Å². The van der Waals surface area contributed by atoms with E-state index in [4.69, 9.17) is 0 Å². The Morgan fingerprint density at radius 2 is 1.89 bits per heavy atom. The first-order chi connectivity index (χ1) is 8.54. The van der Waals surface area contributed by atoms with Crippen molar-refractivity contribution < 1.29 is 0 Å². The van der Waals surface area contributed by atoms with Crippen molar-refractivity contribution in [2.75, 3.05) is 18.4 Å². The first-order valence-corrected chi connectivity index (χ1v) is 6.38. The molecule has 0 radical (unpaired) electrons. The molecular formula is C15H21N3. The van der Waals surface area contributed by atoms with Crippen LogP contribution in [0.4, 0.5) is 5.69 Å². The van der Waals surface area contributed by atoms with Crippen LogP contribution in [0.25, 0.3) is 10.9 Å². The molecule has 0 amide bonds. The predicted octanol–water partition coefficient (Wildman–Crippen LogP) is 3.03. The zero-order chi connectivity index (χ0) is 13.0. The van der Waals surface area contributed by atoms with Gasteiger partial charge in [0, 0.05) is 24.0 Å². The van der Waals surface area contributed by atoms with Gasteiger partial charge in [-0.3, -0.25) is 4.98 Å². The Morgan fingerprint density at radius 3 is 2.67 bits per heavy atom. The Kier molecular flexibility index (Phi) is 3.82. The van der Waals surface area contributed by atoms with Crippen molar-refractivity contribution in [1.29, 1.82) is 0 Å². The summed E-state index contributed by atoms with van der Waals surface area (Å²) < 4.78 is 0. The van der Waals surface area contributed by atoms with Crippen LogP contribution in [-0.2, 0) is 0 Å². The summed E-state index contributed by atoms with van der Waals surface area (Å²) in [5.41, 5.74) is 2.28. The minimum Gasteiger partial charge on any atom is -0.383 e. The van der Waals surface area contributed by atoms with E-state index in [0.717, 1.165) is 24.3 Å². The Hall–Kier alpha value is -1.61. The molecule has 0 atom stereocenters. The monoisotopic (exact) mass is 243 g/mol. The van der Waals surface area contributed by atoms with Crippen LogP contribution in [0.1, 0.15) is 20.8 Å². The summed E-state index contributed by atoms with van der Waals surface area (Å²) in [6.45, 7) is 8.35. The zero-order valence-electron chi connectivity index (χ0n) is 11.3. The number of rotatable bonds is 4. The molecule has 3 heteroatoms. The summed E-state index contributed by atoms with van der Waals surface area (Å²) in [4.78, 5) is 4.43. The standard InChI is InChI=1S/C15H21N3/c1-15(2,3)18-9-8-16-13-10-12-6-4-5-7-14(12)17-11-13/h4-7,10-11,16,18H,8-9H2,1-3H3. The highest BCUT2D eigenvalue weighted by Gasteiger charge is 2.06. The second kappa shape index (κ2) is 5.36. The van der Waals surface area contributed by atoms with Gasteiger partial charge in [-0.1, -0.05) is 18.2 Å². The molecule has 0 unspecified atom stereocenters. The van der Waals surface area contributed by atoms with Gasteiger partial charge >= 0.3 is 0 Å². The normalized spacial score (nSPS) is 11.7. The summed E-state index contributed by atoms with van der Waals surface area (Å²) in [5.74, 6) is 0. The quantitative estimate of drug-likeness (QED) is 0.810. The lowest BCUT2D eigenvalue weighted by Gasteiger charge is -2.20. The molecule has 3 nitrogen and oxygen atoms in total. The average Bonchev–Trinajstić information content (AvgIpc) is 2.33. The van der Waals surface area contributed by atoms with Crippen LogP contribution in [-0.4, -0.2) is 23.6 Å². The molecule has 2 N–H and O–H groups in total. The van der Waals surface area contributed by atoms with E-state index in [2.05, 4.69) is 48.5 Å². The summed E-state index contributed by atoms with van der Waals surface area (Å²) in [7, 11) is 0. The number of nitrogens with zero attached hydrogens (tertiary/aromatic N) is 1. The van der Waals surface area contributed by atoms with E-state index in [1.165, 1.54) is 5.39 Å². The first kappa shape index (κ1) is 12.8. The van der Waals surface area contributed by atoms with Crippen LogP contribution in [0, 0.1) is 0 Å². The van der Waals surface area contributed by atoms with E-state index >= 15 is 0 Å². The highest BCUT2D eigenvalue weighted by atomic mass is 15.0. The fourth-order valence-corrected chi connectivity index (χ4v) is 1.81. The van der Waals surface area contributed by atoms with Gasteiger partial charge in [0.05, 0.1) is 17.4 Å². The number of pyridine rings is 1. The molecule has 0 fully saturated rings. The highest BCUT2D eigenvalue weighted by Crippen LogP contribution is 2.15. The second-order valence-corrected chi connectivity index (χ2v) is 5.52. The Bertz CT molecular complexity index is 514. The van der Waals surface area contributed by atoms with E-state index in [0.29, 0.717) is 0 Å². The Balaban J connectivity index is 1.92. The van der Waals surface area contributed by atoms with Crippen molar-refractivity contribution in [3.63, 3.8) is 0 Å². The van der Waals surface area contributed by atoms with Gasteiger partial charge in [-0.25, -0.2) is 0 Å². The lowest BCUT2D eigenvalue weighted by atomic mass is 10.1. The van der Waals surface area contributed by atoms with Crippen LogP contribution in [0.15, 0.2) is 36.5 Å². The summed E-state index contributed by atoms with van der Waals surface area (Å²) in [6, 6.07) is 10.3. The van der Waals surface area contributed by atoms with Crippen LogP contribution in [0.2, 0.25) is 0 Å². The molecule has 1 aromatic heterocycles. The van der Waals surface area contributed by atoms with Crippen molar-refractivity contribution in [2.45, 2.75) is 26.3 Å². The molecule has 1 heterocycles. The Labute approximate surface area is 109 Å². The molecule has 2 rings (SSSR count). The number of hydrogen-bond acceptors (Lipinski definition) is 3. The van der Waals surface area contributed by atoms with Gasteiger partial charge in [0.15, 0.2) is 0 Å². The number of para-hydroxylation sites is 1. The molecule has 0 spiro atoms. The number of hydrogen-bond donors (Lipinski definition) is 2. The van der Waals surface area contributed by atoms with Gasteiger partial charge in [0.25, 0.3) is 0 Å². The molecule has 0 aliphatic rings. The molecule has 0 saturated carbocycles. The molecule has 0 aliphatic carbocycles. The van der Waals surface area contributed by atoms with Crippen molar-refractivity contribution in [3.8, 4) is 0 Å². The molecule has 96 valence electrons. The smallest absolute Gasteiger partial charge is 0.0703 e. The van der Waals surface area contributed by atoms with Crippen LogP contribution >= 0.6 is 0 Å². The summed E-state index contributed by atoms with van der Waals surface area (Å²) in [6.07, 6.45) is 1.89. The average molecular weight is 243 g/mol. The van der Waals surface area contributed by atoms with Crippen molar-refractivity contribution in [2.24, 2.45) is 0 Å². The van der Waals surface area contributed by atoms with Crippen LogP contribution in [0.5, 0.6) is 0 Å². The van der Waals surface area contributed by atoms with E-state index in [9.17, 15) is 0 Å². The maximum absolute atomic E-state index is 4.43. The molecule has 1 aromatic carbocycles. The third kappa shape index (κ3) is 3.70.